The molecule has 33 heavy (non-hydrogen) atoms. The molecule has 2 aromatic carbocycles. The van der Waals surface area contributed by atoms with Crippen LogP contribution in [0.25, 0.3) is 0 Å². The number of nitrogens with zero attached hydrogens (tertiary/aromatic N) is 2. The molecule has 1 fully saturated rings. The quantitative estimate of drug-likeness (QED) is 0.411. The summed E-state index contributed by atoms with van der Waals surface area (Å²) in [6, 6.07) is 15.3. The number of aromatic nitrogens is 2. The van der Waals surface area contributed by atoms with Crippen LogP contribution in [0, 0.1) is 0 Å². The fraction of sp³-hybridized carbons (Fsp3) is 0.385. The van der Waals surface area contributed by atoms with Gasteiger partial charge in [-0.2, -0.15) is 18.2 Å². The molecule has 0 spiro atoms. The van der Waals surface area contributed by atoms with Crippen molar-refractivity contribution in [3.8, 4) is 0 Å². The van der Waals surface area contributed by atoms with Crippen molar-refractivity contribution in [1.29, 1.82) is 0 Å². The number of benzene rings is 2. The number of hydrogen-bond donors (Lipinski definition) is 2. The molecule has 4 rings (SSSR count). The molecule has 2 N–H and O–H groups in total. The van der Waals surface area contributed by atoms with Crippen LogP contribution in [0.2, 0.25) is 0 Å². The van der Waals surface area contributed by atoms with Crippen LogP contribution in [0.4, 0.5) is 36.3 Å². The summed E-state index contributed by atoms with van der Waals surface area (Å²) in [5.41, 5.74) is 2.54. The van der Waals surface area contributed by atoms with Gasteiger partial charge >= 0.3 is 6.18 Å². The molecule has 1 aliphatic carbocycles. The first-order valence-electron chi connectivity index (χ1n) is 11.3. The predicted octanol–water partition coefficient (Wildman–Crippen LogP) is 7.94. The van der Waals surface area contributed by atoms with Gasteiger partial charge in [-0.3, -0.25) is 0 Å². The van der Waals surface area contributed by atoms with E-state index in [0.29, 0.717) is 11.6 Å². The van der Waals surface area contributed by atoms with E-state index in [9.17, 15) is 13.2 Å². The summed E-state index contributed by atoms with van der Waals surface area (Å²) in [5, 5.41) is 5.89. The molecule has 0 unspecified atom stereocenters. The highest BCUT2D eigenvalue weighted by molar-refractivity contribution is 5.63. The fourth-order valence-electron chi connectivity index (χ4n) is 4.17. The molecule has 0 amide bonds. The summed E-state index contributed by atoms with van der Waals surface area (Å²) in [5.74, 6) is 0.417. The van der Waals surface area contributed by atoms with Gasteiger partial charge in [0.05, 0.1) is 0 Å². The molecular formula is C26H29F3N4. The predicted molar refractivity (Wildman–Crippen MR) is 126 cm³/mol. The Bertz CT molecular complexity index is 1100. The molecule has 0 saturated heterocycles. The second kappa shape index (κ2) is 9.04. The van der Waals surface area contributed by atoms with Crippen molar-refractivity contribution in [2.24, 2.45) is 0 Å². The minimum atomic E-state index is -4.58. The van der Waals surface area contributed by atoms with Crippen LogP contribution in [-0.2, 0) is 11.6 Å². The average molecular weight is 455 g/mol. The number of anilines is 4. The lowest BCUT2D eigenvalue weighted by atomic mass is 9.87. The zero-order chi connectivity index (χ0) is 23.6. The zero-order valence-corrected chi connectivity index (χ0v) is 19.1. The van der Waals surface area contributed by atoms with E-state index in [1.165, 1.54) is 31.2 Å². The van der Waals surface area contributed by atoms with Crippen molar-refractivity contribution in [3.05, 3.63) is 71.4 Å². The molecule has 1 aliphatic rings. The highest BCUT2D eigenvalue weighted by Gasteiger charge is 2.35. The zero-order valence-electron chi connectivity index (χ0n) is 19.1. The molecule has 0 radical (unpaired) electrons. The minimum absolute atomic E-state index is 0.103. The van der Waals surface area contributed by atoms with Gasteiger partial charge in [0, 0.05) is 17.6 Å². The summed E-state index contributed by atoms with van der Waals surface area (Å²) in [4.78, 5) is 8.09. The van der Waals surface area contributed by atoms with Gasteiger partial charge in [0.15, 0.2) is 0 Å². The van der Waals surface area contributed by atoms with E-state index < -0.39 is 11.7 Å². The number of hydrogen-bond acceptors (Lipinski definition) is 4. The topological polar surface area (TPSA) is 49.8 Å². The summed E-state index contributed by atoms with van der Waals surface area (Å²) < 4.78 is 40.9. The Morgan fingerprint density at radius 3 is 2.21 bits per heavy atom. The molecule has 1 heterocycles. The third-order valence-electron chi connectivity index (χ3n) is 6.08. The van der Waals surface area contributed by atoms with Crippen molar-refractivity contribution in [2.45, 2.75) is 64.0 Å². The van der Waals surface area contributed by atoms with Crippen molar-refractivity contribution in [3.63, 3.8) is 0 Å². The summed E-state index contributed by atoms with van der Waals surface area (Å²) in [7, 11) is 0. The van der Waals surface area contributed by atoms with Gasteiger partial charge in [-0.15, -0.1) is 0 Å². The second-order valence-corrected chi connectivity index (χ2v) is 9.64. The highest BCUT2D eigenvalue weighted by atomic mass is 19.4. The maximum atomic E-state index is 13.6. The fourth-order valence-corrected chi connectivity index (χ4v) is 4.17. The van der Waals surface area contributed by atoms with Crippen LogP contribution >= 0.6 is 0 Å². The number of halogens is 3. The molecule has 4 nitrogen and oxygen atoms in total. The van der Waals surface area contributed by atoms with Gasteiger partial charge in [-0.05, 0) is 59.6 Å². The van der Waals surface area contributed by atoms with Crippen LogP contribution in [0.1, 0.15) is 69.1 Å². The molecule has 1 saturated carbocycles. The van der Waals surface area contributed by atoms with E-state index in [0.717, 1.165) is 17.4 Å². The van der Waals surface area contributed by atoms with Crippen molar-refractivity contribution in [1.82, 2.24) is 9.97 Å². The second-order valence-electron chi connectivity index (χ2n) is 9.64. The highest BCUT2D eigenvalue weighted by Crippen LogP contribution is 2.37. The first-order chi connectivity index (χ1) is 15.6. The molecule has 7 heteroatoms. The lowest BCUT2D eigenvalue weighted by Gasteiger charge is -2.20. The first-order valence-corrected chi connectivity index (χ1v) is 11.3. The van der Waals surface area contributed by atoms with Crippen LogP contribution in [0.15, 0.2) is 54.7 Å². The van der Waals surface area contributed by atoms with Gasteiger partial charge in [0.1, 0.15) is 11.4 Å². The normalized spacial score (nSPS) is 15.0. The van der Waals surface area contributed by atoms with Gasteiger partial charge < -0.3 is 10.6 Å². The van der Waals surface area contributed by atoms with Gasteiger partial charge in [-0.1, -0.05) is 57.9 Å². The maximum Gasteiger partial charge on any atom is 0.421 e. The molecule has 174 valence electrons. The van der Waals surface area contributed by atoms with E-state index in [-0.39, 0.29) is 17.2 Å². The summed E-state index contributed by atoms with van der Waals surface area (Å²) in [6.07, 6.45) is 1.18. The van der Waals surface area contributed by atoms with Crippen LogP contribution < -0.4 is 10.6 Å². The van der Waals surface area contributed by atoms with Crippen molar-refractivity contribution in [2.75, 3.05) is 10.6 Å². The number of nitrogens with one attached hydrogen (secondary N) is 2. The lowest BCUT2D eigenvalue weighted by molar-refractivity contribution is -0.137. The summed E-state index contributed by atoms with van der Waals surface area (Å²) in [6.45, 7) is 6.16. The van der Waals surface area contributed by atoms with Crippen molar-refractivity contribution >= 4 is 23.1 Å². The largest absolute Gasteiger partial charge is 0.421 e. The third-order valence-corrected chi connectivity index (χ3v) is 6.08. The Morgan fingerprint density at radius 1 is 0.879 bits per heavy atom. The van der Waals surface area contributed by atoms with Gasteiger partial charge in [0.2, 0.25) is 5.95 Å². The molecule has 0 atom stereocenters. The van der Waals surface area contributed by atoms with Crippen LogP contribution in [0.3, 0.4) is 0 Å². The van der Waals surface area contributed by atoms with Crippen LogP contribution in [0.5, 0.6) is 0 Å². The molecule has 1 aromatic heterocycles. The Morgan fingerprint density at radius 2 is 1.58 bits per heavy atom. The standard InChI is InChI=1S/C26H29F3N4/c1-25(2,3)19-9-6-10-21(15-19)31-23-22(26(27,28)29)16-30-24(33-23)32-20-13-11-18(12-14-20)17-7-4-5-8-17/h6,9-17H,4-5,7-8H2,1-3H3,(H2,30,31,32,33). The minimum Gasteiger partial charge on any atom is -0.340 e. The molecule has 3 aromatic rings. The monoisotopic (exact) mass is 454 g/mol. The Kier molecular flexibility index (Phi) is 6.32. The number of rotatable bonds is 5. The maximum absolute atomic E-state index is 13.6. The van der Waals surface area contributed by atoms with E-state index in [2.05, 4.69) is 53.5 Å². The molecule has 0 aliphatic heterocycles. The van der Waals surface area contributed by atoms with Gasteiger partial charge in [-0.25, -0.2) is 4.98 Å². The van der Waals surface area contributed by atoms with E-state index in [4.69, 9.17) is 0 Å². The Labute approximate surface area is 192 Å². The smallest absolute Gasteiger partial charge is 0.340 e. The van der Waals surface area contributed by atoms with Crippen LogP contribution in [-0.4, -0.2) is 9.97 Å². The average Bonchev–Trinajstić information content (AvgIpc) is 3.28. The Hall–Kier alpha value is -3.09. The number of alkyl halides is 3. The Balaban J connectivity index is 1.59. The van der Waals surface area contributed by atoms with Crippen molar-refractivity contribution < 1.29 is 13.2 Å². The molecular weight excluding hydrogens is 425 g/mol. The lowest BCUT2D eigenvalue weighted by Crippen LogP contribution is -2.14. The SMILES string of the molecule is CC(C)(C)c1cccc(Nc2nc(Nc3ccc(C4CCCC4)cc3)ncc2C(F)(F)F)c1. The van der Waals surface area contributed by atoms with E-state index in [1.54, 1.807) is 6.07 Å². The van der Waals surface area contributed by atoms with Gasteiger partial charge in [0.25, 0.3) is 0 Å². The third kappa shape index (κ3) is 5.64. The first kappa shape index (κ1) is 23.1. The van der Waals surface area contributed by atoms with E-state index in [1.807, 2.05) is 30.3 Å². The molecule has 0 bridgehead atoms. The van der Waals surface area contributed by atoms with E-state index >= 15 is 0 Å². The summed E-state index contributed by atoms with van der Waals surface area (Å²) >= 11 is 0.